The van der Waals surface area contributed by atoms with Crippen molar-refractivity contribution < 1.29 is 37.1 Å². The molecule has 13 nitrogen and oxygen atoms in total. The third kappa shape index (κ3) is 9.45. The molecular weight excluding hydrogens is 791 g/mol. The van der Waals surface area contributed by atoms with Crippen molar-refractivity contribution >= 4 is 56.0 Å². The van der Waals surface area contributed by atoms with Gasteiger partial charge in [0.2, 0.25) is 21.8 Å². The van der Waals surface area contributed by atoms with Gasteiger partial charge in [0.25, 0.3) is 6.01 Å². The highest BCUT2D eigenvalue weighted by Crippen LogP contribution is 2.57. The van der Waals surface area contributed by atoms with Crippen LogP contribution in [-0.2, 0) is 33.9 Å². The smallest absolute Gasteiger partial charge is 0.307 e. The summed E-state index contributed by atoms with van der Waals surface area (Å²) in [6, 6.07) is 5.32. The molecule has 2 amide bonds. The van der Waals surface area contributed by atoms with Crippen LogP contribution in [0.4, 0.5) is 0 Å². The number of allylic oxidation sites excluding steroid dienone is 2. The first kappa shape index (κ1) is 43.0. The number of rotatable bonds is 10. The Labute approximate surface area is 351 Å². The quantitative estimate of drug-likeness (QED) is 0.158. The molecule has 2 aliphatic heterocycles. The summed E-state index contributed by atoms with van der Waals surface area (Å²) in [6.07, 6.45) is 7.98. The minimum atomic E-state index is -3.85. The molecule has 1 aromatic carbocycles. The summed E-state index contributed by atoms with van der Waals surface area (Å²) >= 11 is 1.57. The van der Waals surface area contributed by atoms with E-state index in [0.717, 1.165) is 46.6 Å². The van der Waals surface area contributed by atoms with Gasteiger partial charge in [-0.2, -0.15) is 4.98 Å². The van der Waals surface area contributed by atoms with Crippen molar-refractivity contribution in [3.63, 3.8) is 0 Å². The third-order valence-electron chi connectivity index (χ3n) is 12.0. The number of thiazole rings is 1. The Morgan fingerprint density at radius 2 is 1.81 bits per heavy atom. The van der Waals surface area contributed by atoms with Gasteiger partial charge in [0, 0.05) is 35.7 Å². The molecule has 0 unspecified atom stereocenters. The van der Waals surface area contributed by atoms with E-state index in [-0.39, 0.29) is 55.4 Å². The Balaban J connectivity index is 1.22. The number of sulfonamides is 1. The fourth-order valence-electron chi connectivity index (χ4n) is 8.58. The SMILES string of the molecule is CC(C)c1csc(-c2cccc3c2nc(O[C@@H]2C[C@H]4C(=O)C[C@]5(C(=O)NS(=O)(=O)C6CC6)C[C@H]5/C=C\CCCCC[C@H](CC(=O)OC(C)(C)C)C(=O)N4C2)n3C(C)C)n1. The van der Waals surface area contributed by atoms with Crippen molar-refractivity contribution in [3.8, 4) is 16.6 Å². The van der Waals surface area contributed by atoms with Crippen LogP contribution in [-0.4, -0.2) is 81.0 Å². The molecule has 1 N–H and O–H groups in total. The Hall–Kier alpha value is -4.11. The van der Waals surface area contributed by atoms with Gasteiger partial charge in [-0.3, -0.25) is 28.5 Å². The lowest BCUT2D eigenvalue weighted by atomic mass is 9.90. The number of hydrogen-bond donors (Lipinski definition) is 1. The van der Waals surface area contributed by atoms with Gasteiger partial charge in [-0.05, 0) is 97.1 Å². The molecule has 0 radical (unpaired) electrons. The van der Waals surface area contributed by atoms with Crippen molar-refractivity contribution in [3.05, 3.63) is 41.4 Å². The molecule has 4 heterocycles. The second-order valence-electron chi connectivity index (χ2n) is 18.6. The highest BCUT2D eigenvalue weighted by atomic mass is 32.2. The molecule has 0 spiro atoms. The molecule has 2 aromatic heterocycles. The molecule has 4 aliphatic rings. The minimum absolute atomic E-state index is 0.0498. The normalized spacial score (nSPS) is 26.3. The molecule has 15 heteroatoms. The summed E-state index contributed by atoms with van der Waals surface area (Å²) in [5.74, 6) is -2.58. The van der Waals surface area contributed by atoms with Gasteiger partial charge in [0.15, 0.2) is 5.78 Å². The number of amides is 2. The molecular formula is C44H59N5O8S2. The lowest BCUT2D eigenvalue weighted by molar-refractivity contribution is -0.159. The zero-order chi connectivity index (χ0) is 42.4. The van der Waals surface area contributed by atoms with E-state index in [4.69, 9.17) is 19.4 Å². The molecule has 3 aromatic rings. The Morgan fingerprint density at radius 1 is 1.05 bits per heavy atom. The van der Waals surface area contributed by atoms with Crippen molar-refractivity contribution in [2.45, 2.75) is 154 Å². The van der Waals surface area contributed by atoms with Crippen molar-refractivity contribution in [1.82, 2.24) is 24.2 Å². The predicted molar refractivity (Wildman–Crippen MR) is 226 cm³/mol. The van der Waals surface area contributed by atoms with Gasteiger partial charge in [0.05, 0.1) is 40.9 Å². The van der Waals surface area contributed by atoms with E-state index < -0.39 is 56.2 Å². The highest BCUT2D eigenvalue weighted by molar-refractivity contribution is 7.90. The van der Waals surface area contributed by atoms with E-state index in [9.17, 15) is 27.6 Å². The van der Waals surface area contributed by atoms with Gasteiger partial charge in [0.1, 0.15) is 22.2 Å². The van der Waals surface area contributed by atoms with Crippen LogP contribution in [0.25, 0.3) is 21.6 Å². The van der Waals surface area contributed by atoms with Crippen LogP contribution >= 0.6 is 11.3 Å². The van der Waals surface area contributed by atoms with Crippen LogP contribution in [0.3, 0.4) is 0 Å². The van der Waals surface area contributed by atoms with Crippen molar-refractivity contribution in [1.29, 1.82) is 0 Å². The number of hydrogen-bond acceptors (Lipinski definition) is 11. The number of imidazole rings is 1. The predicted octanol–water partition coefficient (Wildman–Crippen LogP) is 7.65. The van der Waals surface area contributed by atoms with Gasteiger partial charge < -0.3 is 14.4 Å². The van der Waals surface area contributed by atoms with Crippen LogP contribution < -0.4 is 9.46 Å². The first-order valence-electron chi connectivity index (χ1n) is 21.3. The molecule has 7 rings (SSSR count). The largest absolute Gasteiger partial charge is 0.460 e. The molecule has 3 fully saturated rings. The van der Waals surface area contributed by atoms with Crippen LogP contribution in [0.1, 0.15) is 137 Å². The molecule has 2 saturated carbocycles. The first-order valence-corrected chi connectivity index (χ1v) is 23.7. The molecule has 0 bridgehead atoms. The zero-order valence-electron chi connectivity index (χ0n) is 35.4. The molecule has 1 saturated heterocycles. The molecule has 5 atom stereocenters. The van der Waals surface area contributed by atoms with E-state index in [0.29, 0.717) is 38.1 Å². The van der Waals surface area contributed by atoms with Gasteiger partial charge >= 0.3 is 5.97 Å². The van der Waals surface area contributed by atoms with E-state index in [1.165, 1.54) is 4.90 Å². The third-order valence-corrected chi connectivity index (χ3v) is 14.7. The fraction of sp³-hybridized carbons (Fsp3) is 0.636. The zero-order valence-corrected chi connectivity index (χ0v) is 37.0. The monoisotopic (exact) mass is 849 g/mol. The topological polar surface area (TPSA) is 167 Å². The van der Waals surface area contributed by atoms with Gasteiger partial charge in [-0.1, -0.05) is 44.9 Å². The highest BCUT2D eigenvalue weighted by Gasteiger charge is 2.61. The number of esters is 1. The van der Waals surface area contributed by atoms with E-state index in [2.05, 4.69) is 23.9 Å². The van der Waals surface area contributed by atoms with Gasteiger partial charge in [-0.25, -0.2) is 13.4 Å². The number of nitrogens with zero attached hydrogens (tertiary/aromatic N) is 4. The molecule has 59 heavy (non-hydrogen) atoms. The standard InChI is InChI=1S/C44H59N5O8S2/c1-26(2)33-25-58-39(45-33)32-16-13-17-34-38(32)46-42(49(34)27(3)4)56-30-21-35-36(50)23-44(41(53)47-59(54,55)31-18-19-31)22-29(44)15-12-10-8-9-11-14-28(40(52)48(35)24-30)20-37(51)57-43(5,6)7/h12-13,15-17,25-31,35H,8-11,14,18-24H2,1-7H3,(H,47,53)/b15-12-/t28-,29-,30-,35+,44-/m1/s1. The van der Waals surface area contributed by atoms with Crippen LogP contribution in [0.2, 0.25) is 0 Å². The fourth-order valence-corrected chi connectivity index (χ4v) is 11.0. The number of fused-ring (bicyclic) bond motifs is 3. The molecule has 2 aliphatic carbocycles. The maximum atomic E-state index is 14.8. The Morgan fingerprint density at radius 3 is 2.49 bits per heavy atom. The average Bonchev–Trinajstić information content (AvgIpc) is 3.96. The summed E-state index contributed by atoms with van der Waals surface area (Å²) in [5.41, 5.74) is 1.52. The molecule has 320 valence electrons. The second-order valence-corrected chi connectivity index (χ2v) is 21.4. The summed E-state index contributed by atoms with van der Waals surface area (Å²) in [6.45, 7) is 13.7. The number of carbonyl (C=O) groups excluding carboxylic acids is 4. The lowest BCUT2D eigenvalue weighted by Crippen LogP contribution is -2.46. The van der Waals surface area contributed by atoms with Gasteiger partial charge in [-0.15, -0.1) is 11.3 Å². The van der Waals surface area contributed by atoms with Crippen LogP contribution in [0, 0.1) is 17.3 Å². The number of benzene rings is 1. The maximum Gasteiger partial charge on any atom is 0.307 e. The van der Waals surface area contributed by atoms with E-state index in [1.807, 2.05) is 48.8 Å². The lowest BCUT2D eigenvalue weighted by Gasteiger charge is -2.29. The van der Waals surface area contributed by atoms with Crippen molar-refractivity contribution in [2.75, 3.05) is 6.54 Å². The number of aromatic nitrogens is 3. The summed E-state index contributed by atoms with van der Waals surface area (Å²) in [4.78, 5) is 68.1. The summed E-state index contributed by atoms with van der Waals surface area (Å²) < 4.78 is 42.7. The average molecular weight is 850 g/mol. The second kappa shape index (κ2) is 16.7. The summed E-state index contributed by atoms with van der Waals surface area (Å²) in [5, 5.41) is 2.33. The van der Waals surface area contributed by atoms with E-state index >= 15 is 0 Å². The first-order chi connectivity index (χ1) is 27.9. The summed E-state index contributed by atoms with van der Waals surface area (Å²) in [7, 11) is -3.85. The number of ketones is 1. The minimum Gasteiger partial charge on any atom is -0.460 e. The Kier molecular flexibility index (Phi) is 12.2. The number of carbonyl (C=O) groups is 4. The van der Waals surface area contributed by atoms with Crippen LogP contribution in [0.15, 0.2) is 35.7 Å². The van der Waals surface area contributed by atoms with Crippen molar-refractivity contribution in [2.24, 2.45) is 17.3 Å². The Bertz CT molecular complexity index is 2230. The van der Waals surface area contributed by atoms with Crippen LogP contribution in [0.5, 0.6) is 6.01 Å². The number of Topliss-reactive ketones (excluding diaryl/α,β-unsaturated/α-hetero) is 1. The number of nitrogens with one attached hydrogen (secondary N) is 1. The maximum absolute atomic E-state index is 14.8. The van der Waals surface area contributed by atoms with E-state index in [1.54, 1.807) is 32.1 Å². The number of ether oxygens (including phenoxy) is 2. The number of para-hydroxylation sites is 1.